The number of hydrogen-bond acceptors (Lipinski definition) is 2. The summed E-state index contributed by atoms with van der Waals surface area (Å²) in [6.07, 6.45) is 5.98. The fourth-order valence-corrected chi connectivity index (χ4v) is 3.10. The van der Waals surface area contributed by atoms with Crippen molar-refractivity contribution in [1.82, 2.24) is 0 Å². The lowest BCUT2D eigenvalue weighted by atomic mass is 9.97. The lowest BCUT2D eigenvalue weighted by molar-refractivity contribution is 0.191. The number of hydrogen-bond donors (Lipinski definition) is 0. The van der Waals surface area contributed by atoms with Crippen LogP contribution >= 0.6 is 0 Å². The van der Waals surface area contributed by atoms with Crippen LogP contribution in [0.1, 0.15) is 26.2 Å². The van der Waals surface area contributed by atoms with Crippen LogP contribution in [0.3, 0.4) is 0 Å². The van der Waals surface area contributed by atoms with E-state index < -0.39 is 0 Å². The van der Waals surface area contributed by atoms with Crippen LogP contribution in [0, 0.1) is 11.8 Å². The predicted molar refractivity (Wildman–Crippen MR) is 74.1 cm³/mol. The minimum Gasteiger partial charge on any atom is -0.498 e. The van der Waals surface area contributed by atoms with Gasteiger partial charge < -0.3 is 4.74 Å². The average Bonchev–Trinajstić information content (AvgIpc) is 2.97. The minimum absolute atomic E-state index is 0.590. The highest BCUT2D eigenvalue weighted by Gasteiger charge is 2.39. The highest BCUT2D eigenvalue weighted by atomic mass is 16.5. The molecule has 0 aliphatic heterocycles. The third-order valence-electron chi connectivity index (χ3n) is 3.88. The largest absolute Gasteiger partial charge is 0.498 e. The van der Waals surface area contributed by atoms with Gasteiger partial charge in [0.15, 0.2) is 0 Å². The second-order valence-corrected chi connectivity index (χ2v) is 5.00. The summed E-state index contributed by atoms with van der Waals surface area (Å²) in [6.45, 7) is 2.81. The maximum absolute atomic E-state index is 5.76. The molecule has 1 aromatic carbocycles. The molecular formula is C16H19NO. The number of allylic oxidation sites excluding steroid dienone is 2. The molecule has 18 heavy (non-hydrogen) atoms. The Balaban J connectivity index is 1.90. The molecule has 0 bridgehead atoms. The Bertz CT molecular complexity index is 475. The topological polar surface area (TPSA) is 21.6 Å². The molecule has 2 aliphatic rings. The van der Waals surface area contributed by atoms with Gasteiger partial charge in [0.1, 0.15) is 5.76 Å². The third-order valence-corrected chi connectivity index (χ3v) is 3.88. The second kappa shape index (κ2) is 4.97. The Morgan fingerprint density at radius 2 is 1.94 bits per heavy atom. The fourth-order valence-electron chi connectivity index (χ4n) is 3.10. The molecular weight excluding hydrogens is 222 g/mol. The van der Waals surface area contributed by atoms with E-state index in [0.29, 0.717) is 11.8 Å². The molecule has 2 atom stereocenters. The first-order valence-corrected chi connectivity index (χ1v) is 6.86. The average molecular weight is 241 g/mol. The molecule has 0 heterocycles. The zero-order valence-electron chi connectivity index (χ0n) is 10.8. The summed E-state index contributed by atoms with van der Waals surface area (Å²) in [5.41, 5.74) is 2.26. The molecule has 3 rings (SSSR count). The lowest BCUT2D eigenvalue weighted by Crippen LogP contribution is -2.11. The standard InChI is InChI=1S/C16H19NO/c1-2-18-16-11-15(13-9-6-10-14(13)16)17-12-7-4-3-5-8-12/h3-5,7-8,11,13-14H,2,6,9-10H2,1H3/t13-,14+/m0/s1. The minimum atomic E-state index is 0.590. The van der Waals surface area contributed by atoms with Crippen molar-refractivity contribution in [2.75, 3.05) is 6.61 Å². The molecule has 2 aliphatic carbocycles. The lowest BCUT2D eigenvalue weighted by Gasteiger charge is -2.13. The number of para-hydroxylation sites is 1. The van der Waals surface area contributed by atoms with Gasteiger partial charge in [-0.2, -0.15) is 0 Å². The monoisotopic (exact) mass is 241 g/mol. The number of nitrogens with zero attached hydrogens (tertiary/aromatic N) is 1. The van der Waals surface area contributed by atoms with Crippen molar-refractivity contribution >= 4 is 11.4 Å². The van der Waals surface area contributed by atoms with Crippen molar-refractivity contribution in [3.05, 3.63) is 42.2 Å². The summed E-state index contributed by atoms with van der Waals surface area (Å²) in [7, 11) is 0. The second-order valence-electron chi connectivity index (χ2n) is 5.00. The molecule has 0 N–H and O–H groups in total. The zero-order chi connectivity index (χ0) is 12.4. The highest BCUT2D eigenvalue weighted by molar-refractivity contribution is 6.01. The number of ether oxygens (including phenoxy) is 1. The molecule has 0 unspecified atom stereocenters. The Hall–Kier alpha value is -1.57. The number of aliphatic imine (C=N–C) groups is 1. The van der Waals surface area contributed by atoms with Crippen LogP contribution in [0.2, 0.25) is 0 Å². The Morgan fingerprint density at radius 3 is 2.72 bits per heavy atom. The van der Waals surface area contributed by atoms with Crippen LogP contribution in [0.4, 0.5) is 5.69 Å². The molecule has 1 saturated carbocycles. The molecule has 0 amide bonds. The molecule has 0 aromatic heterocycles. The molecule has 0 spiro atoms. The molecule has 94 valence electrons. The molecule has 1 fully saturated rings. The van der Waals surface area contributed by atoms with Gasteiger partial charge >= 0.3 is 0 Å². The first kappa shape index (κ1) is 11.5. The van der Waals surface area contributed by atoms with Gasteiger partial charge in [0.2, 0.25) is 0 Å². The van der Waals surface area contributed by atoms with E-state index in [1.54, 1.807) is 0 Å². The van der Waals surface area contributed by atoms with Crippen molar-refractivity contribution < 1.29 is 4.74 Å². The van der Waals surface area contributed by atoms with Gasteiger partial charge in [-0.15, -0.1) is 0 Å². The normalized spacial score (nSPS) is 28.3. The van der Waals surface area contributed by atoms with Crippen molar-refractivity contribution in [3.63, 3.8) is 0 Å². The van der Waals surface area contributed by atoms with E-state index in [1.165, 1.54) is 25.0 Å². The van der Waals surface area contributed by atoms with E-state index >= 15 is 0 Å². The first-order chi connectivity index (χ1) is 8.88. The SMILES string of the molecule is CCOC1=CC(=Nc2ccccc2)[C@H]2CCC[C@@H]12. The van der Waals surface area contributed by atoms with E-state index in [0.717, 1.165) is 18.1 Å². The van der Waals surface area contributed by atoms with E-state index in [2.05, 4.69) is 25.1 Å². The molecule has 2 nitrogen and oxygen atoms in total. The number of benzene rings is 1. The predicted octanol–water partition coefficient (Wildman–Crippen LogP) is 4.11. The summed E-state index contributed by atoms with van der Waals surface area (Å²) in [4.78, 5) is 4.79. The summed E-state index contributed by atoms with van der Waals surface area (Å²) >= 11 is 0. The van der Waals surface area contributed by atoms with Crippen LogP contribution in [0.5, 0.6) is 0 Å². The van der Waals surface area contributed by atoms with Gasteiger partial charge in [-0.3, -0.25) is 4.99 Å². The molecule has 0 saturated heterocycles. The smallest absolute Gasteiger partial charge is 0.101 e. The Kier molecular flexibility index (Phi) is 3.18. The molecule has 0 radical (unpaired) electrons. The van der Waals surface area contributed by atoms with Crippen LogP contribution in [-0.4, -0.2) is 12.3 Å². The maximum atomic E-state index is 5.76. The van der Waals surface area contributed by atoms with E-state index in [1.807, 2.05) is 18.2 Å². The van der Waals surface area contributed by atoms with E-state index in [4.69, 9.17) is 9.73 Å². The van der Waals surface area contributed by atoms with Crippen LogP contribution < -0.4 is 0 Å². The van der Waals surface area contributed by atoms with Gasteiger partial charge in [-0.25, -0.2) is 0 Å². The molecule has 1 aromatic rings. The third kappa shape index (κ3) is 2.07. The number of fused-ring (bicyclic) bond motifs is 1. The number of rotatable bonds is 3. The van der Waals surface area contributed by atoms with Crippen LogP contribution in [0.15, 0.2) is 47.2 Å². The summed E-state index contributed by atoms with van der Waals surface area (Å²) < 4.78 is 5.76. The van der Waals surface area contributed by atoms with Crippen LogP contribution in [-0.2, 0) is 4.74 Å². The highest BCUT2D eigenvalue weighted by Crippen LogP contribution is 2.43. The van der Waals surface area contributed by atoms with Crippen molar-refractivity contribution in [3.8, 4) is 0 Å². The van der Waals surface area contributed by atoms with E-state index in [9.17, 15) is 0 Å². The van der Waals surface area contributed by atoms with E-state index in [-0.39, 0.29) is 0 Å². The van der Waals surface area contributed by atoms with Gasteiger partial charge in [0, 0.05) is 17.5 Å². The van der Waals surface area contributed by atoms with Crippen LogP contribution in [0.25, 0.3) is 0 Å². The van der Waals surface area contributed by atoms with Crippen molar-refractivity contribution in [1.29, 1.82) is 0 Å². The van der Waals surface area contributed by atoms with Gasteiger partial charge in [-0.1, -0.05) is 24.6 Å². The molecule has 2 heteroatoms. The fraction of sp³-hybridized carbons (Fsp3) is 0.438. The van der Waals surface area contributed by atoms with Gasteiger partial charge in [0.05, 0.1) is 12.3 Å². The van der Waals surface area contributed by atoms with Gasteiger partial charge in [0.25, 0.3) is 0 Å². The quantitative estimate of drug-likeness (QED) is 0.780. The van der Waals surface area contributed by atoms with Crippen molar-refractivity contribution in [2.45, 2.75) is 26.2 Å². The summed E-state index contributed by atoms with van der Waals surface area (Å²) in [6, 6.07) is 10.2. The Labute approximate surface area is 108 Å². The zero-order valence-corrected chi connectivity index (χ0v) is 10.8. The maximum Gasteiger partial charge on any atom is 0.101 e. The Morgan fingerprint density at radius 1 is 1.17 bits per heavy atom. The summed E-state index contributed by atoms with van der Waals surface area (Å²) in [5, 5.41) is 0. The van der Waals surface area contributed by atoms with Crippen molar-refractivity contribution in [2.24, 2.45) is 16.8 Å². The van der Waals surface area contributed by atoms with Gasteiger partial charge in [-0.05, 0) is 38.0 Å². The first-order valence-electron chi connectivity index (χ1n) is 6.86. The summed E-state index contributed by atoms with van der Waals surface area (Å²) in [5.74, 6) is 2.34.